The average molecular weight is 218 g/mol. The summed E-state index contributed by atoms with van der Waals surface area (Å²) in [5.41, 5.74) is 0.348. The molecule has 0 atom stereocenters. The first kappa shape index (κ1) is 9.21. The van der Waals surface area contributed by atoms with E-state index in [1.807, 2.05) is 6.92 Å². The van der Waals surface area contributed by atoms with E-state index >= 15 is 0 Å². The summed E-state index contributed by atoms with van der Waals surface area (Å²) in [6.07, 6.45) is 2.47. The molecular weight excluding hydrogens is 206 g/mol. The largest absolute Gasteiger partial charge is 0.359 e. The zero-order valence-corrected chi connectivity index (χ0v) is 9.08. The van der Waals surface area contributed by atoms with E-state index in [2.05, 4.69) is 15.5 Å². The van der Waals surface area contributed by atoms with Crippen molar-refractivity contribution in [1.29, 1.82) is 0 Å². The van der Waals surface area contributed by atoms with E-state index in [0.717, 1.165) is 22.6 Å². The molecule has 1 aromatic heterocycles. The molecule has 5 heteroatoms. The number of anilines is 1. The molecule has 1 saturated carbocycles. The van der Waals surface area contributed by atoms with Crippen molar-refractivity contribution in [2.45, 2.75) is 19.8 Å². The molecule has 0 amide bonds. The van der Waals surface area contributed by atoms with Crippen molar-refractivity contribution in [2.75, 3.05) is 17.7 Å². The van der Waals surface area contributed by atoms with Crippen LogP contribution in [0.5, 0.6) is 0 Å². The van der Waals surface area contributed by atoms with Crippen LogP contribution in [-0.4, -0.2) is 22.6 Å². The maximum absolute atomic E-state index is 5.85. The molecule has 0 spiro atoms. The summed E-state index contributed by atoms with van der Waals surface area (Å²) in [7, 11) is 0. The van der Waals surface area contributed by atoms with E-state index in [9.17, 15) is 0 Å². The van der Waals surface area contributed by atoms with Crippen LogP contribution in [0.25, 0.3) is 0 Å². The van der Waals surface area contributed by atoms with Crippen LogP contribution in [0, 0.1) is 12.3 Å². The van der Waals surface area contributed by atoms with E-state index in [4.69, 9.17) is 11.6 Å². The molecule has 1 aliphatic carbocycles. The molecule has 0 aliphatic heterocycles. The number of rotatable bonds is 4. The minimum absolute atomic E-state index is 0.348. The summed E-state index contributed by atoms with van der Waals surface area (Å²) in [6, 6.07) is 0. The van der Waals surface area contributed by atoms with E-state index in [0.29, 0.717) is 5.41 Å². The fraction of sp³-hybridized carbons (Fsp3) is 0.750. The highest BCUT2D eigenvalue weighted by Gasteiger charge is 2.41. The Morgan fingerprint density at radius 1 is 1.54 bits per heavy atom. The zero-order chi connectivity index (χ0) is 9.31. The molecule has 2 rings (SSSR count). The fourth-order valence-electron chi connectivity index (χ4n) is 1.17. The summed E-state index contributed by atoms with van der Waals surface area (Å²) in [5.74, 6) is 0.748. The maximum Gasteiger partial charge on any atom is 0.205 e. The van der Waals surface area contributed by atoms with Gasteiger partial charge < -0.3 is 5.32 Å². The summed E-state index contributed by atoms with van der Waals surface area (Å²) in [4.78, 5) is 0. The molecule has 0 saturated heterocycles. The molecule has 13 heavy (non-hydrogen) atoms. The van der Waals surface area contributed by atoms with Gasteiger partial charge in [-0.25, -0.2) is 0 Å². The van der Waals surface area contributed by atoms with E-state index in [1.165, 1.54) is 12.8 Å². The molecule has 1 aliphatic rings. The van der Waals surface area contributed by atoms with Crippen molar-refractivity contribution < 1.29 is 0 Å². The molecule has 3 nitrogen and oxygen atoms in total. The Bertz CT molecular complexity index is 295. The van der Waals surface area contributed by atoms with Gasteiger partial charge in [0.1, 0.15) is 5.01 Å². The zero-order valence-electron chi connectivity index (χ0n) is 7.51. The summed E-state index contributed by atoms with van der Waals surface area (Å²) in [6.45, 7) is 2.89. The number of aromatic nitrogens is 2. The van der Waals surface area contributed by atoms with Gasteiger partial charge in [0.2, 0.25) is 5.13 Å². The van der Waals surface area contributed by atoms with Gasteiger partial charge in [-0.2, -0.15) is 0 Å². The molecular formula is C8H12ClN3S. The number of halogens is 1. The number of nitrogens with one attached hydrogen (secondary N) is 1. The second-order valence-corrected chi connectivity index (χ2v) is 5.06. The van der Waals surface area contributed by atoms with Crippen LogP contribution in [0.15, 0.2) is 0 Å². The van der Waals surface area contributed by atoms with Gasteiger partial charge in [0.05, 0.1) is 0 Å². The third-order valence-corrected chi connectivity index (χ3v) is 3.74. The van der Waals surface area contributed by atoms with E-state index in [-0.39, 0.29) is 0 Å². The third kappa shape index (κ3) is 2.11. The first-order valence-electron chi connectivity index (χ1n) is 4.34. The van der Waals surface area contributed by atoms with Crippen LogP contribution in [0.2, 0.25) is 0 Å². The minimum Gasteiger partial charge on any atom is -0.359 e. The first-order valence-corrected chi connectivity index (χ1v) is 5.69. The van der Waals surface area contributed by atoms with Crippen molar-refractivity contribution in [2.24, 2.45) is 5.41 Å². The molecule has 0 aromatic carbocycles. The number of hydrogen-bond acceptors (Lipinski definition) is 4. The second-order valence-electron chi connectivity index (χ2n) is 3.61. The highest BCUT2D eigenvalue weighted by Crippen LogP contribution is 2.46. The SMILES string of the molecule is Cc1nnc(NCC2(CCl)CC2)s1. The normalized spacial score (nSPS) is 18.6. The van der Waals surface area contributed by atoms with Gasteiger partial charge in [-0.05, 0) is 19.8 Å². The van der Waals surface area contributed by atoms with Crippen molar-refractivity contribution in [3.63, 3.8) is 0 Å². The molecule has 72 valence electrons. The van der Waals surface area contributed by atoms with Crippen molar-refractivity contribution in [3.8, 4) is 0 Å². The van der Waals surface area contributed by atoms with Crippen molar-refractivity contribution in [3.05, 3.63) is 5.01 Å². The molecule has 1 heterocycles. The van der Waals surface area contributed by atoms with Crippen LogP contribution in [-0.2, 0) is 0 Å². The molecule has 1 N–H and O–H groups in total. The quantitative estimate of drug-likeness (QED) is 0.787. The minimum atomic E-state index is 0.348. The van der Waals surface area contributed by atoms with Gasteiger partial charge in [0, 0.05) is 17.8 Å². The Labute approximate surface area is 86.5 Å². The number of hydrogen-bond donors (Lipinski definition) is 1. The molecule has 0 radical (unpaired) electrons. The van der Waals surface area contributed by atoms with Gasteiger partial charge in [-0.15, -0.1) is 21.8 Å². The van der Waals surface area contributed by atoms with Gasteiger partial charge in [0.15, 0.2) is 0 Å². The Morgan fingerprint density at radius 2 is 2.31 bits per heavy atom. The predicted molar refractivity (Wildman–Crippen MR) is 55.5 cm³/mol. The van der Waals surface area contributed by atoms with E-state index < -0.39 is 0 Å². The Hall–Kier alpha value is -0.350. The van der Waals surface area contributed by atoms with Gasteiger partial charge in [-0.3, -0.25) is 0 Å². The first-order chi connectivity index (χ1) is 6.24. The van der Waals surface area contributed by atoms with Crippen LogP contribution < -0.4 is 5.32 Å². The summed E-state index contributed by atoms with van der Waals surface area (Å²) < 4.78 is 0. The highest BCUT2D eigenvalue weighted by atomic mass is 35.5. The van der Waals surface area contributed by atoms with Crippen LogP contribution in [0.4, 0.5) is 5.13 Å². The van der Waals surface area contributed by atoms with Gasteiger partial charge in [-0.1, -0.05) is 11.3 Å². The van der Waals surface area contributed by atoms with Crippen molar-refractivity contribution in [1.82, 2.24) is 10.2 Å². The topological polar surface area (TPSA) is 37.8 Å². The Kier molecular flexibility index (Phi) is 2.43. The Morgan fingerprint density at radius 3 is 2.77 bits per heavy atom. The molecule has 0 bridgehead atoms. The lowest BCUT2D eigenvalue weighted by molar-refractivity contribution is 0.618. The summed E-state index contributed by atoms with van der Waals surface area (Å²) in [5, 5.41) is 13.1. The predicted octanol–water partition coefficient (Wildman–Crippen LogP) is 2.28. The fourth-order valence-corrected chi connectivity index (χ4v) is 2.11. The molecule has 0 unspecified atom stereocenters. The Balaban J connectivity index is 1.86. The van der Waals surface area contributed by atoms with Crippen molar-refractivity contribution >= 4 is 28.1 Å². The van der Waals surface area contributed by atoms with Gasteiger partial charge >= 0.3 is 0 Å². The average Bonchev–Trinajstić information content (AvgIpc) is 2.81. The number of aryl methyl sites for hydroxylation is 1. The lowest BCUT2D eigenvalue weighted by atomic mass is 10.1. The molecule has 1 fully saturated rings. The number of alkyl halides is 1. The second kappa shape index (κ2) is 3.42. The van der Waals surface area contributed by atoms with Crippen LogP contribution in [0.1, 0.15) is 17.8 Å². The smallest absolute Gasteiger partial charge is 0.205 e. The molecule has 1 aromatic rings. The monoisotopic (exact) mass is 217 g/mol. The van der Waals surface area contributed by atoms with Crippen LogP contribution in [0.3, 0.4) is 0 Å². The lowest BCUT2D eigenvalue weighted by Gasteiger charge is -2.10. The maximum atomic E-state index is 5.85. The number of nitrogens with zero attached hydrogens (tertiary/aromatic N) is 2. The van der Waals surface area contributed by atoms with Crippen LogP contribution >= 0.6 is 22.9 Å². The summed E-state index contributed by atoms with van der Waals surface area (Å²) >= 11 is 7.44. The standard InChI is InChI=1S/C8H12ClN3S/c1-6-11-12-7(13-6)10-5-8(4-9)2-3-8/h2-5H2,1H3,(H,10,12). The third-order valence-electron chi connectivity index (χ3n) is 2.38. The van der Waals surface area contributed by atoms with Gasteiger partial charge in [0.25, 0.3) is 0 Å². The lowest BCUT2D eigenvalue weighted by Crippen LogP contribution is -2.16. The van der Waals surface area contributed by atoms with E-state index in [1.54, 1.807) is 11.3 Å². The highest BCUT2D eigenvalue weighted by molar-refractivity contribution is 7.15.